The zero-order chi connectivity index (χ0) is 27.2. The lowest BCUT2D eigenvalue weighted by molar-refractivity contribution is -0.141. The predicted octanol–water partition coefficient (Wildman–Crippen LogP) is 4.20. The summed E-state index contributed by atoms with van der Waals surface area (Å²) < 4.78 is 34.2. The lowest BCUT2D eigenvalue weighted by atomic mass is 10.0. The van der Waals surface area contributed by atoms with E-state index < -0.39 is 22.5 Å². The second-order valence-corrected chi connectivity index (χ2v) is 10.9. The molecule has 0 bridgehead atoms. The van der Waals surface area contributed by atoms with E-state index in [2.05, 4.69) is 0 Å². The smallest absolute Gasteiger partial charge is 0.326 e. The first kappa shape index (κ1) is 30.9. The summed E-state index contributed by atoms with van der Waals surface area (Å²) >= 11 is 0. The number of nitrogens with two attached hydrogens (primary N) is 1. The van der Waals surface area contributed by atoms with E-state index in [0.717, 1.165) is 15.4 Å². The molecule has 0 fully saturated rings. The minimum Gasteiger partial charge on any atom is -0.465 e. The third-order valence-electron chi connectivity index (χ3n) is 6.14. The number of nitrogens with zero attached hydrogens (tertiary/aromatic N) is 2. The summed E-state index contributed by atoms with van der Waals surface area (Å²) in [6.07, 6.45) is 3.67. The molecule has 0 spiro atoms. The molecule has 0 amide bonds. The Labute approximate surface area is 229 Å². The van der Waals surface area contributed by atoms with Gasteiger partial charge in [0.15, 0.2) is 5.78 Å². The van der Waals surface area contributed by atoms with Crippen LogP contribution in [0, 0.1) is 5.41 Å². The number of unbranched alkanes of at least 4 members (excludes halogenated alkanes) is 1. The summed E-state index contributed by atoms with van der Waals surface area (Å²) in [7, 11) is -1.96. The molecule has 9 nitrogen and oxygen atoms in total. The van der Waals surface area contributed by atoms with Crippen LogP contribution >= 0.6 is 12.4 Å². The van der Waals surface area contributed by atoms with Crippen LogP contribution in [0.15, 0.2) is 48.7 Å². The highest BCUT2D eigenvalue weighted by atomic mass is 35.5. The number of carbonyl (C=O) groups is 2. The molecule has 0 aliphatic heterocycles. The third-order valence-corrected chi connectivity index (χ3v) is 7.95. The number of anilines is 1. The average Bonchev–Trinajstić information content (AvgIpc) is 3.20. The van der Waals surface area contributed by atoms with Crippen molar-refractivity contribution in [1.82, 2.24) is 4.57 Å². The van der Waals surface area contributed by atoms with E-state index in [1.165, 1.54) is 0 Å². The van der Waals surface area contributed by atoms with Crippen molar-refractivity contribution in [3.05, 3.63) is 65.4 Å². The lowest BCUT2D eigenvalue weighted by Gasteiger charge is -2.24. The fourth-order valence-corrected chi connectivity index (χ4v) is 5.72. The number of esters is 1. The lowest BCUT2D eigenvalue weighted by Crippen LogP contribution is -2.38. The molecule has 0 saturated heterocycles. The van der Waals surface area contributed by atoms with E-state index >= 15 is 0 Å². The molecule has 0 atom stereocenters. The van der Waals surface area contributed by atoms with Gasteiger partial charge in [-0.25, -0.2) is 8.42 Å². The topological polar surface area (TPSA) is 136 Å². The van der Waals surface area contributed by atoms with Gasteiger partial charge in [0.25, 0.3) is 0 Å². The zero-order valence-electron chi connectivity index (χ0n) is 21.9. The molecule has 1 aromatic heterocycles. The minimum absolute atomic E-state index is 0. The van der Waals surface area contributed by atoms with Crippen LogP contribution < -0.4 is 10.0 Å². The predicted molar refractivity (Wildman–Crippen MR) is 153 cm³/mol. The average molecular weight is 563 g/mol. The summed E-state index contributed by atoms with van der Waals surface area (Å²) in [6.45, 7) is 3.28. The summed E-state index contributed by atoms with van der Waals surface area (Å²) in [4.78, 5) is 25.5. The molecule has 0 unspecified atom stereocenters. The second kappa shape index (κ2) is 13.4. The van der Waals surface area contributed by atoms with E-state index in [4.69, 9.17) is 15.9 Å². The molecule has 1 heterocycles. The maximum Gasteiger partial charge on any atom is 0.326 e. The number of Topliss-reactive ketones (excluding diaryl/α,β-unsaturated/α-hetero) is 1. The largest absolute Gasteiger partial charge is 0.465 e. The first-order valence-corrected chi connectivity index (χ1v) is 13.9. The number of nitrogen functional groups attached to an aromatic ring is 1. The molecule has 3 aromatic rings. The molecule has 3 rings (SSSR count). The summed E-state index contributed by atoms with van der Waals surface area (Å²) in [5.41, 5.74) is 8.65. The van der Waals surface area contributed by atoms with Gasteiger partial charge >= 0.3 is 5.97 Å². The van der Waals surface area contributed by atoms with Gasteiger partial charge in [0.1, 0.15) is 12.4 Å². The van der Waals surface area contributed by atoms with Crippen molar-refractivity contribution in [2.45, 2.75) is 39.5 Å². The van der Waals surface area contributed by atoms with Gasteiger partial charge in [-0.3, -0.25) is 19.3 Å². The molecule has 11 heteroatoms. The van der Waals surface area contributed by atoms with Gasteiger partial charge in [-0.1, -0.05) is 37.6 Å². The number of ether oxygens (including phenoxy) is 1. The van der Waals surface area contributed by atoms with E-state index in [0.29, 0.717) is 41.5 Å². The number of fused-ring (bicyclic) bond motifs is 1. The highest BCUT2D eigenvalue weighted by Gasteiger charge is 2.26. The van der Waals surface area contributed by atoms with Crippen LogP contribution in [0.25, 0.3) is 10.9 Å². The SMILES string of the molecule is CCCCS(=O)(=O)N(CC(=O)OCC)c1ccc2c(c1)c(C(=O)CCc1ccc(C(=N)N)cc1)cn2C.Cl. The summed E-state index contributed by atoms with van der Waals surface area (Å²) in [5, 5.41) is 8.12. The van der Waals surface area contributed by atoms with Gasteiger partial charge < -0.3 is 15.0 Å². The highest BCUT2D eigenvalue weighted by Crippen LogP contribution is 2.29. The van der Waals surface area contributed by atoms with Crippen LogP contribution in [0.2, 0.25) is 0 Å². The van der Waals surface area contributed by atoms with Crippen LogP contribution in [0.3, 0.4) is 0 Å². The van der Waals surface area contributed by atoms with Crippen molar-refractivity contribution in [3.63, 3.8) is 0 Å². The first-order chi connectivity index (χ1) is 17.6. The van der Waals surface area contributed by atoms with E-state index in [1.54, 1.807) is 43.5 Å². The summed E-state index contributed by atoms with van der Waals surface area (Å²) in [6, 6.07) is 12.3. The molecule has 38 heavy (non-hydrogen) atoms. The number of carbonyl (C=O) groups excluding carboxylic acids is 2. The van der Waals surface area contributed by atoms with Crippen LogP contribution in [0.4, 0.5) is 5.69 Å². The fraction of sp³-hybridized carbons (Fsp3) is 0.370. The quantitative estimate of drug-likeness (QED) is 0.139. The van der Waals surface area contributed by atoms with Crippen LogP contribution in [0.1, 0.15) is 54.6 Å². The number of sulfonamides is 1. The molecule has 0 aliphatic rings. The van der Waals surface area contributed by atoms with Gasteiger partial charge in [0.05, 0.1) is 18.0 Å². The standard InChI is InChI=1S/C27H34N4O5S.ClH/c1-4-6-15-37(34,35)31(18-26(33)36-5-2)21-12-13-24-22(16-21)23(17-30(24)3)25(32)14-9-19-7-10-20(11-8-19)27(28)29;/h7-8,10-13,16-17H,4-6,9,14-15,18H2,1-3H3,(H3,28,29);1H. The van der Waals surface area contributed by atoms with E-state index in [1.807, 2.05) is 30.7 Å². The number of halogens is 1. The van der Waals surface area contributed by atoms with Gasteiger partial charge in [-0.05, 0) is 43.5 Å². The molecular formula is C27H35ClN4O5S. The Kier molecular flexibility index (Phi) is 10.9. The third kappa shape index (κ3) is 7.35. The highest BCUT2D eigenvalue weighted by molar-refractivity contribution is 7.92. The number of benzene rings is 2. The Morgan fingerprint density at radius 2 is 1.79 bits per heavy atom. The number of ketones is 1. The molecule has 206 valence electrons. The zero-order valence-corrected chi connectivity index (χ0v) is 23.5. The maximum absolute atomic E-state index is 13.2. The maximum atomic E-state index is 13.2. The van der Waals surface area contributed by atoms with Crippen molar-refractivity contribution >= 4 is 56.6 Å². The van der Waals surface area contributed by atoms with Crippen molar-refractivity contribution in [3.8, 4) is 0 Å². The van der Waals surface area contributed by atoms with Gasteiger partial charge in [0.2, 0.25) is 10.0 Å². The molecule has 0 aliphatic carbocycles. The van der Waals surface area contributed by atoms with Crippen molar-refractivity contribution in [2.75, 3.05) is 23.2 Å². The second-order valence-electron chi connectivity index (χ2n) is 8.87. The summed E-state index contributed by atoms with van der Waals surface area (Å²) in [5.74, 6) is -0.820. The van der Waals surface area contributed by atoms with E-state index in [-0.39, 0.29) is 42.8 Å². The van der Waals surface area contributed by atoms with Gasteiger partial charge in [0, 0.05) is 41.7 Å². The molecule has 2 aromatic carbocycles. The van der Waals surface area contributed by atoms with Crippen LogP contribution in [-0.4, -0.2) is 49.5 Å². The van der Waals surface area contributed by atoms with Gasteiger partial charge in [-0.15, -0.1) is 12.4 Å². The number of aromatic nitrogens is 1. The molecular weight excluding hydrogens is 528 g/mol. The van der Waals surface area contributed by atoms with E-state index in [9.17, 15) is 18.0 Å². The number of hydrogen-bond acceptors (Lipinski definition) is 6. The number of aryl methyl sites for hydroxylation is 2. The first-order valence-electron chi connectivity index (χ1n) is 12.3. The minimum atomic E-state index is -3.79. The van der Waals surface area contributed by atoms with Crippen molar-refractivity contribution < 1.29 is 22.7 Å². The molecule has 0 saturated carbocycles. The number of rotatable bonds is 13. The van der Waals surface area contributed by atoms with Gasteiger partial charge in [-0.2, -0.15) is 0 Å². The Hall–Kier alpha value is -3.37. The Bertz CT molecular complexity index is 1400. The Balaban J connectivity index is 0.00000507. The Morgan fingerprint density at radius 1 is 1.11 bits per heavy atom. The number of hydrogen-bond donors (Lipinski definition) is 2. The monoisotopic (exact) mass is 562 g/mol. The van der Waals surface area contributed by atoms with Crippen LogP contribution in [-0.2, 0) is 33.0 Å². The van der Waals surface area contributed by atoms with Crippen molar-refractivity contribution in [1.29, 1.82) is 5.41 Å². The normalized spacial score (nSPS) is 11.1. The molecule has 0 radical (unpaired) electrons. The van der Waals surface area contributed by atoms with Crippen molar-refractivity contribution in [2.24, 2.45) is 12.8 Å². The Morgan fingerprint density at radius 3 is 2.39 bits per heavy atom. The molecule has 3 N–H and O–H groups in total. The van der Waals surface area contributed by atoms with Crippen LogP contribution in [0.5, 0.6) is 0 Å². The number of nitrogens with one attached hydrogen (secondary N) is 1. The fourth-order valence-electron chi connectivity index (χ4n) is 4.11. The number of amidine groups is 1.